The number of benzene rings is 2. The number of para-hydroxylation sites is 2. The summed E-state index contributed by atoms with van der Waals surface area (Å²) in [6.45, 7) is 2.08. The number of hydrogen-bond donors (Lipinski definition) is 1. The minimum Gasteiger partial charge on any atom is -0.495 e. The molecule has 3 rings (SSSR count). The Kier molecular flexibility index (Phi) is 7.31. The van der Waals surface area contributed by atoms with Crippen LogP contribution in [-0.4, -0.2) is 70.4 Å². The Labute approximate surface area is 181 Å². The monoisotopic (exact) mass is 426 g/mol. The lowest BCUT2D eigenvalue weighted by molar-refractivity contribution is -0.146. The molecule has 9 heteroatoms. The molecule has 1 saturated heterocycles. The van der Waals surface area contributed by atoms with Crippen LogP contribution in [0.4, 0.5) is 5.69 Å². The van der Waals surface area contributed by atoms with Gasteiger partial charge in [-0.3, -0.25) is 9.59 Å². The highest BCUT2D eigenvalue weighted by Crippen LogP contribution is 2.28. The maximum atomic E-state index is 12.5. The van der Waals surface area contributed by atoms with Crippen LogP contribution in [0.1, 0.15) is 5.56 Å². The highest BCUT2D eigenvalue weighted by atomic mass is 16.5. The highest BCUT2D eigenvalue weighted by Gasteiger charge is 2.26. The van der Waals surface area contributed by atoms with Gasteiger partial charge in [0.05, 0.1) is 33.2 Å². The summed E-state index contributed by atoms with van der Waals surface area (Å²) < 4.78 is 15.8. The number of ether oxygens (including phenoxy) is 3. The lowest BCUT2D eigenvalue weighted by atomic mass is 10.2. The van der Waals surface area contributed by atoms with Crippen molar-refractivity contribution in [2.24, 2.45) is 5.10 Å². The maximum Gasteiger partial charge on any atom is 0.329 e. The molecule has 31 heavy (non-hydrogen) atoms. The summed E-state index contributed by atoms with van der Waals surface area (Å²) in [5.41, 5.74) is 3.95. The van der Waals surface area contributed by atoms with E-state index in [9.17, 15) is 9.59 Å². The number of anilines is 1. The van der Waals surface area contributed by atoms with Crippen molar-refractivity contribution in [1.82, 2.24) is 10.3 Å². The van der Waals surface area contributed by atoms with Crippen molar-refractivity contribution in [1.29, 1.82) is 0 Å². The van der Waals surface area contributed by atoms with Gasteiger partial charge in [0.25, 0.3) is 0 Å². The van der Waals surface area contributed by atoms with Crippen LogP contribution < -0.4 is 24.5 Å². The number of methoxy groups -OCH3 is 3. The van der Waals surface area contributed by atoms with Crippen LogP contribution in [0.3, 0.4) is 0 Å². The average Bonchev–Trinajstić information content (AvgIpc) is 2.83. The van der Waals surface area contributed by atoms with E-state index in [-0.39, 0.29) is 0 Å². The molecule has 2 amide bonds. The first-order valence-corrected chi connectivity index (χ1v) is 9.79. The summed E-state index contributed by atoms with van der Waals surface area (Å²) in [6, 6.07) is 12.9. The van der Waals surface area contributed by atoms with Gasteiger partial charge in [0, 0.05) is 26.2 Å². The smallest absolute Gasteiger partial charge is 0.329 e. The van der Waals surface area contributed by atoms with Crippen molar-refractivity contribution >= 4 is 23.7 Å². The number of hydrogen-bond acceptors (Lipinski definition) is 7. The number of carbonyl (C=O) groups is 2. The normalized spacial score (nSPS) is 13.8. The number of amides is 2. The van der Waals surface area contributed by atoms with E-state index >= 15 is 0 Å². The second-order valence-corrected chi connectivity index (χ2v) is 6.76. The lowest BCUT2D eigenvalue weighted by Gasteiger charge is -2.36. The summed E-state index contributed by atoms with van der Waals surface area (Å²) >= 11 is 0. The van der Waals surface area contributed by atoms with E-state index in [4.69, 9.17) is 14.2 Å². The molecule has 1 aliphatic rings. The Bertz CT molecular complexity index is 955. The van der Waals surface area contributed by atoms with Gasteiger partial charge in [0.15, 0.2) is 11.5 Å². The van der Waals surface area contributed by atoms with Gasteiger partial charge < -0.3 is 24.0 Å². The topological polar surface area (TPSA) is 92.7 Å². The van der Waals surface area contributed by atoms with Gasteiger partial charge in [-0.25, -0.2) is 5.43 Å². The molecule has 1 aliphatic heterocycles. The molecule has 164 valence electrons. The number of rotatable bonds is 6. The third-order valence-electron chi connectivity index (χ3n) is 4.97. The minimum absolute atomic E-state index is 0.434. The third-order valence-corrected chi connectivity index (χ3v) is 4.97. The molecular weight excluding hydrogens is 400 g/mol. The van der Waals surface area contributed by atoms with E-state index in [1.807, 2.05) is 24.3 Å². The molecule has 0 radical (unpaired) electrons. The number of carbonyl (C=O) groups excluding carboxylic acids is 2. The number of nitrogens with one attached hydrogen (secondary N) is 1. The molecule has 0 unspecified atom stereocenters. The zero-order valence-electron chi connectivity index (χ0n) is 17.8. The average molecular weight is 426 g/mol. The molecule has 0 saturated carbocycles. The molecule has 0 aliphatic carbocycles. The summed E-state index contributed by atoms with van der Waals surface area (Å²) in [7, 11) is 4.71. The Hall–Kier alpha value is -3.75. The van der Waals surface area contributed by atoms with Crippen LogP contribution in [0.15, 0.2) is 47.6 Å². The van der Waals surface area contributed by atoms with Crippen LogP contribution in [0, 0.1) is 0 Å². The SMILES string of the molecule is COc1ccc(/C=N\NC(=O)C(=O)N2CCN(c3ccccc3OC)CC2)cc1OC. The molecule has 0 spiro atoms. The summed E-state index contributed by atoms with van der Waals surface area (Å²) in [5, 5.41) is 3.88. The van der Waals surface area contributed by atoms with Gasteiger partial charge in [0.2, 0.25) is 0 Å². The quantitative estimate of drug-likeness (QED) is 0.428. The molecule has 1 fully saturated rings. The fourth-order valence-electron chi connectivity index (χ4n) is 3.33. The van der Waals surface area contributed by atoms with E-state index in [1.165, 1.54) is 18.2 Å². The van der Waals surface area contributed by atoms with Crippen LogP contribution in [-0.2, 0) is 9.59 Å². The molecule has 0 aromatic heterocycles. The van der Waals surface area contributed by atoms with Gasteiger partial charge in [0.1, 0.15) is 5.75 Å². The highest BCUT2D eigenvalue weighted by molar-refractivity contribution is 6.35. The van der Waals surface area contributed by atoms with Crippen molar-refractivity contribution in [3.8, 4) is 17.2 Å². The Morgan fingerprint density at radius 1 is 0.903 bits per heavy atom. The van der Waals surface area contributed by atoms with Crippen molar-refractivity contribution in [2.45, 2.75) is 0 Å². The fourth-order valence-corrected chi connectivity index (χ4v) is 3.33. The van der Waals surface area contributed by atoms with Gasteiger partial charge in [-0.1, -0.05) is 12.1 Å². The van der Waals surface area contributed by atoms with E-state index in [0.717, 1.165) is 11.4 Å². The zero-order valence-corrected chi connectivity index (χ0v) is 17.8. The largest absolute Gasteiger partial charge is 0.495 e. The summed E-state index contributed by atoms with van der Waals surface area (Å²) in [6.07, 6.45) is 1.44. The van der Waals surface area contributed by atoms with E-state index in [0.29, 0.717) is 43.2 Å². The van der Waals surface area contributed by atoms with Gasteiger partial charge in [-0.15, -0.1) is 0 Å². The lowest BCUT2D eigenvalue weighted by Crippen LogP contribution is -2.52. The van der Waals surface area contributed by atoms with Gasteiger partial charge in [-0.05, 0) is 35.9 Å². The second-order valence-electron chi connectivity index (χ2n) is 6.76. The first-order valence-electron chi connectivity index (χ1n) is 9.79. The maximum absolute atomic E-state index is 12.5. The fraction of sp³-hybridized carbons (Fsp3) is 0.318. The Morgan fingerprint density at radius 2 is 1.58 bits per heavy atom. The van der Waals surface area contributed by atoms with E-state index in [1.54, 1.807) is 32.4 Å². The third kappa shape index (κ3) is 5.25. The predicted octanol–water partition coefficient (Wildman–Crippen LogP) is 1.51. The minimum atomic E-state index is -0.775. The van der Waals surface area contributed by atoms with Crippen LogP contribution in [0.5, 0.6) is 17.2 Å². The van der Waals surface area contributed by atoms with E-state index in [2.05, 4.69) is 15.4 Å². The standard InChI is InChI=1S/C22H26N4O5/c1-29-18-7-5-4-6-17(18)25-10-12-26(13-11-25)22(28)21(27)24-23-15-16-8-9-19(30-2)20(14-16)31-3/h4-9,14-15H,10-13H2,1-3H3,(H,24,27)/b23-15-. The predicted molar refractivity (Wildman–Crippen MR) is 117 cm³/mol. The molecule has 9 nitrogen and oxygen atoms in total. The second kappa shape index (κ2) is 10.3. The van der Waals surface area contributed by atoms with Crippen LogP contribution in [0.25, 0.3) is 0 Å². The van der Waals surface area contributed by atoms with Gasteiger partial charge in [-0.2, -0.15) is 5.10 Å². The first-order chi connectivity index (χ1) is 15.1. The number of piperazine rings is 1. The Balaban J connectivity index is 1.53. The molecule has 2 aromatic rings. The molecule has 1 N–H and O–H groups in total. The van der Waals surface area contributed by atoms with Gasteiger partial charge >= 0.3 is 11.8 Å². The van der Waals surface area contributed by atoms with Crippen molar-refractivity contribution in [2.75, 3.05) is 52.4 Å². The van der Waals surface area contributed by atoms with Crippen molar-refractivity contribution in [3.63, 3.8) is 0 Å². The number of hydrazone groups is 1. The molecule has 0 bridgehead atoms. The molecule has 0 atom stereocenters. The van der Waals surface area contributed by atoms with E-state index < -0.39 is 11.8 Å². The van der Waals surface area contributed by atoms with Crippen molar-refractivity contribution < 1.29 is 23.8 Å². The van der Waals surface area contributed by atoms with Crippen molar-refractivity contribution in [3.05, 3.63) is 48.0 Å². The first kappa shape index (κ1) is 21.9. The summed E-state index contributed by atoms with van der Waals surface area (Å²) in [5.74, 6) is 0.532. The van der Waals surface area contributed by atoms with Crippen LogP contribution in [0.2, 0.25) is 0 Å². The number of nitrogens with zero attached hydrogens (tertiary/aromatic N) is 3. The summed E-state index contributed by atoms with van der Waals surface area (Å²) in [4.78, 5) is 28.3. The molecular formula is C22H26N4O5. The Morgan fingerprint density at radius 3 is 2.26 bits per heavy atom. The van der Waals surface area contributed by atoms with Crippen LogP contribution >= 0.6 is 0 Å². The molecule has 1 heterocycles. The zero-order chi connectivity index (χ0) is 22.2. The molecule has 2 aromatic carbocycles.